The summed E-state index contributed by atoms with van der Waals surface area (Å²) in [7, 11) is 0. The fourth-order valence-electron chi connectivity index (χ4n) is 3.57. The summed E-state index contributed by atoms with van der Waals surface area (Å²) < 4.78 is 11.0. The molecule has 0 amide bonds. The fraction of sp³-hybridized carbons (Fsp3) is 0.381. The third-order valence-electron chi connectivity index (χ3n) is 4.96. The van der Waals surface area contributed by atoms with Crippen molar-refractivity contribution >= 4 is 29.1 Å². The molecule has 1 aliphatic heterocycles. The number of hydrogen-bond donors (Lipinski definition) is 1. The first kappa shape index (κ1) is 20.1. The van der Waals surface area contributed by atoms with Gasteiger partial charge in [0.2, 0.25) is 5.78 Å². The number of nitrogens with one attached hydrogen (secondary N) is 1. The van der Waals surface area contributed by atoms with E-state index >= 15 is 0 Å². The number of ether oxygens (including phenoxy) is 2. The fourth-order valence-corrected chi connectivity index (χ4v) is 3.76. The number of benzene rings is 1. The highest BCUT2D eigenvalue weighted by Crippen LogP contribution is 2.30. The molecular formula is C21H22ClNO5. The van der Waals surface area contributed by atoms with Crippen LogP contribution < -0.4 is 4.74 Å². The molecule has 0 saturated heterocycles. The van der Waals surface area contributed by atoms with E-state index < -0.39 is 18.0 Å². The molecule has 0 radical (unpaired) electrons. The second kappa shape index (κ2) is 7.80. The van der Waals surface area contributed by atoms with Crippen molar-refractivity contribution in [2.24, 2.45) is 5.92 Å². The minimum atomic E-state index is -0.982. The number of H-pyrrole nitrogens is 1. The largest absolute Gasteiger partial charge is 0.492 e. The van der Waals surface area contributed by atoms with E-state index in [1.165, 1.54) is 13.8 Å². The molecule has 1 aromatic heterocycles. The summed E-state index contributed by atoms with van der Waals surface area (Å²) in [5, 5.41) is 0.568. The van der Waals surface area contributed by atoms with Crippen LogP contribution in [0, 0.1) is 19.8 Å². The molecule has 148 valence electrons. The van der Waals surface area contributed by atoms with E-state index in [1.54, 1.807) is 32.0 Å². The van der Waals surface area contributed by atoms with Crippen molar-refractivity contribution in [3.8, 4) is 5.75 Å². The molecule has 7 heteroatoms. The van der Waals surface area contributed by atoms with Crippen molar-refractivity contribution in [1.29, 1.82) is 0 Å². The number of ketones is 2. The number of carbonyl (C=O) groups excluding carboxylic acids is 3. The van der Waals surface area contributed by atoms with Gasteiger partial charge in [-0.25, -0.2) is 0 Å². The van der Waals surface area contributed by atoms with E-state index in [4.69, 9.17) is 21.1 Å². The number of rotatable bonds is 5. The zero-order chi connectivity index (χ0) is 20.6. The Balaban J connectivity index is 1.70. The normalized spacial score (nSPS) is 16.7. The molecule has 1 aliphatic rings. The lowest BCUT2D eigenvalue weighted by molar-refractivity contribution is -0.152. The molecule has 1 aromatic carbocycles. The van der Waals surface area contributed by atoms with Gasteiger partial charge in [-0.1, -0.05) is 11.6 Å². The summed E-state index contributed by atoms with van der Waals surface area (Å²) >= 11 is 6.01. The van der Waals surface area contributed by atoms with E-state index in [1.807, 2.05) is 0 Å². The number of fused-ring (bicyclic) bond motifs is 1. The number of aromatic amines is 1. The van der Waals surface area contributed by atoms with E-state index in [9.17, 15) is 14.4 Å². The van der Waals surface area contributed by atoms with Crippen molar-refractivity contribution in [3.05, 3.63) is 51.3 Å². The lowest BCUT2D eigenvalue weighted by Gasteiger charge is -2.25. The smallest absolute Gasteiger partial charge is 0.313 e. The predicted molar refractivity (Wildman–Crippen MR) is 104 cm³/mol. The molecule has 0 fully saturated rings. The number of aromatic nitrogens is 1. The zero-order valence-corrected chi connectivity index (χ0v) is 17.0. The Labute approximate surface area is 168 Å². The van der Waals surface area contributed by atoms with Gasteiger partial charge in [0.25, 0.3) is 0 Å². The molecule has 6 nitrogen and oxygen atoms in total. The second-order valence-electron chi connectivity index (χ2n) is 7.09. The van der Waals surface area contributed by atoms with Gasteiger partial charge in [-0.2, -0.15) is 0 Å². The maximum Gasteiger partial charge on any atom is 0.313 e. The van der Waals surface area contributed by atoms with E-state index in [-0.39, 0.29) is 18.2 Å². The average Bonchev–Trinajstić information content (AvgIpc) is 2.94. The summed E-state index contributed by atoms with van der Waals surface area (Å²) in [5.74, 6) is -0.806. The minimum absolute atomic E-state index is 0.119. The average molecular weight is 404 g/mol. The van der Waals surface area contributed by atoms with Crippen LogP contribution in [0.3, 0.4) is 0 Å². The Hall–Kier alpha value is -2.60. The highest BCUT2D eigenvalue weighted by atomic mass is 35.5. The van der Waals surface area contributed by atoms with E-state index in [0.717, 1.165) is 5.56 Å². The van der Waals surface area contributed by atoms with Crippen molar-refractivity contribution in [2.45, 2.75) is 40.2 Å². The molecule has 2 atom stereocenters. The van der Waals surface area contributed by atoms with Gasteiger partial charge >= 0.3 is 5.97 Å². The topological polar surface area (TPSA) is 85.5 Å². The Morgan fingerprint density at radius 1 is 1.29 bits per heavy atom. The van der Waals surface area contributed by atoms with Gasteiger partial charge in [0.15, 0.2) is 11.9 Å². The molecule has 2 aromatic rings. The van der Waals surface area contributed by atoms with Crippen molar-refractivity contribution in [3.63, 3.8) is 0 Å². The number of esters is 1. The maximum atomic E-state index is 12.7. The Bertz CT molecular complexity index is 962. The van der Waals surface area contributed by atoms with Crippen LogP contribution >= 0.6 is 11.6 Å². The number of halogens is 1. The Morgan fingerprint density at radius 2 is 2.00 bits per heavy atom. The molecule has 1 N–H and O–H groups in total. The molecule has 0 unspecified atom stereocenters. The van der Waals surface area contributed by atoms with Gasteiger partial charge in [-0.3, -0.25) is 14.4 Å². The zero-order valence-electron chi connectivity index (χ0n) is 16.2. The standard InChI is InChI=1S/C21H22ClNO5/c1-10-18(12(3)24)11(2)23-19(10)20(25)13(4)28-21(26)15-7-14-8-16(22)5-6-17(14)27-9-15/h5-6,8,13,15,23H,7,9H2,1-4H3/t13-,15-/m0/s1. The summed E-state index contributed by atoms with van der Waals surface area (Å²) in [6.07, 6.45) is -0.546. The number of Topliss-reactive ketones (excluding diaryl/α,β-unsaturated/α-hetero) is 2. The van der Waals surface area contributed by atoms with Crippen molar-refractivity contribution in [1.82, 2.24) is 4.98 Å². The van der Waals surface area contributed by atoms with Crippen molar-refractivity contribution in [2.75, 3.05) is 6.61 Å². The maximum absolute atomic E-state index is 12.7. The highest BCUT2D eigenvalue weighted by Gasteiger charge is 2.31. The lowest BCUT2D eigenvalue weighted by atomic mass is 9.97. The Kier molecular flexibility index (Phi) is 5.61. The lowest BCUT2D eigenvalue weighted by Crippen LogP contribution is -2.34. The summed E-state index contributed by atoms with van der Waals surface area (Å²) in [6.45, 7) is 6.60. The monoisotopic (exact) mass is 403 g/mol. The molecule has 0 saturated carbocycles. The number of carbonyl (C=O) groups is 3. The molecule has 28 heavy (non-hydrogen) atoms. The van der Waals surface area contributed by atoms with Crippen LogP contribution in [0.1, 0.15) is 51.5 Å². The first-order chi connectivity index (χ1) is 13.2. The van der Waals surface area contributed by atoms with Gasteiger partial charge in [-0.15, -0.1) is 0 Å². The van der Waals surface area contributed by atoms with Gasteiger partial charge in [-0.05, 0) is 63.4 Å². The van der Waals surface area contributed by atoms with Gasteiger partial charge in [0.1, 0.15) is 12.4 Å². The van der Waals surface area contributed by atoms with Crippen LogP contribution in [-0.2, 0) is 16.0 Å². The summed E-state index contributed by atoms with van der Waals surface area (Å²) in [6, 6.07) is 5.27. The van der Waals surface area contributed by atoms with Crippen LogP contribution in [0.4, 0.5) is 0 Å². The third-order valence-corrected chi connectivity index (χ3v) is 5.20. The number of hydrogen-bond acceptors (Lipinski definition) is 5. The second-order valence-corrected chi connectivity index (χ2v) is 7.53. The Morgan fingerprint density at radius 3 is 2.64 bits per heavy atom. The first-order valence-corrected chi connectivity index (χ1v) is 9.42. The highest BCUT2D eigenvalue weighted by molar-refractivity contribution is 6.30. The van der Waals surface area contributed by atoms with Gasteiger partial charge in [0, 0.05) is 16.3 Å². The quantitative estimate of drug-likeness (QED) is 0.605. The molecule has 0 spiro atoms. The molecule has 2 heterocycles. The van der Waals surface area contributed by atoms with Crippen LogP contribution in [0.15, 0.2) is 18.2 Å². The molecule has 0 bridgehead atoms. The van der Waals surface area contributed by atoms with Gasteiger partial charge in [0.05, 0.1) is 11.6 Å². The van der Waals surface area contributed by atoms with Crippen LogP contribution in [0.2, 0.25) is 5.02 Å². The summed E-state index contributed by atoms with van der Waals surface area (Å²) in [5.41, 5.74) is 2.82. The van der Waals surface area contributed by atoms with E-state index in [2.05, 4.69) is 4.98 Å². The molecule has 3 rings (SSSR count). The van der Waals surface area contributed by atoms with Gasteiger partial charge < -0.3 is 14.5 Å². The predicted octanol–water partition coefficient (Wildman–Crippen LogP) is 3.85. The first-order valence-electron chi connectivity index (χ1n) is 9.05. The molecular weight excluding hydrogens is 382 g/mol. The van der Waals surface area contributed by atoms with Crippen LogP contribution in [-0.4, -0.2) is 35.2 Å². The third kappa shape index (κ3) is 3.83. The number of aryl methyl sites for hydroxylation is 1. The van der Waals surface area contributed by atoms with Crippen LogP contribution in [0.25, 0.3) is 0 Å². The SMILES string of the molecule is CC(=O)c1c(C)[nH]c(C(=O)[C@H](C)OC(=O)[C@@H]2COc3ccc(Cl)cc3C2)c1C. The van der Waals surface area contributed by atoms with Crippen molar-refractivity contribution < 1.29 is 23.9 Å². The molecule has 0 aliphatic carbocycles. The minimum Gasteiger partial charge on any atom is -0.492 e. The summed E-state index contributed by atoms with van der Waals surface area (Å²) in [4.78, 5) is 40.0. The van der Waals surface area contributed by atoms with E-state index in [0.29, 0.717) is 39.7 Å². The van der Waals surface area contributed by atoms with Crippen LogP contribution in [0.5, 0.6) is 5.75 Å².